The van der Waals surface area contributed by atoms with Gasteiger partial charge in [0.2, 0.25) is 5.69 Å². The van der Waals surface area contributed by atoms with Crippen LogP contribution in [0.15, 0.2) is 42.5 Å². The van der Waals surface area contributed by atoms with Crippen molar-refractivity contribution in [3.8, 4) is 33.5 Å². The van der Waals surface area contributed by atoms with E-state index in [1.165, 1.54) is 78.0 Å². The highest BCUT2D eigenvalue weighted by Gasteiger charge is 2.35. The topological polar surface area (TPSA) is 16.8 Å². The van der Waals surface area contributed by atoms with Crippen molar-refractivity contribution in [1.82, 2.24) is 5.10 Å². The standard InChI is InChI=1S/C30H29N2/c1-16-12-18(3)19(4)25(13-16)30-27-15-26-23(28(27)20(5)31-32(30)6)11-10-21-14-24-17(2)8-7-9-22(24)29(21)26/h7-13H,14-15H2,1-6H3/q+1. The van der Waals surface area contributed by atoms with Crippen LogP contribution in [-0.2, 0) is 19.9 Å². The smallest absolute Gasteiger partial charge is 0.0859 e. The maximum Gasteiger partial charge on any atom is 0.243 e. The summed E-state index contributed by atoms with van der Waals surface area (Å²) in [6.45, 7) is 11.1. The summed E-state index contributed by atoms with van der Waals surface area (Å²) in [6, 6.07) is 16.1. The molecule has 4 aromatic rings. The SMILES string of the molecule is Cc1cc(C)c(C)c(-c2c3c(c(C)n[n+]2C)-c2ccc4c(c2C3)-c2cccc(C)c2C4)c1. The second-order valence-electron chi connectivity index (χ2n) is 9.75. The highest BCUT2D eigenvalue weighted by atomic mass is 15.3. The number of aromatic nitrogens is 2. The summed E-state index contributed by atoms with van der Waals surface area (Å²) in [7, 11) is 2.10. The van der Waals surface area contributed by atoms with Crippen molar-refractivity contribution in [2.24, 2.45) is 7.05 Å². The minimum atomic E-state index is 0.972. The van der Waals surface area contributed by atoms with Crippen LogP contribution in [0.2, 0.25) is 0 Å². The lowest BCUT2D eigenvalue weighted by Crippen LogP contribution is -2.38. The fourth-order valence-corrected chi connectivity index (χ4v) is 6.14. The normalized spacial score (nSPS) is 13.1. The molecule has 0 unspecified atom stereocenters. The summed E-state index contributed by atoms with van der Waals surface area (Å²) in [5.41, 5.74) is 20.6. The van der Waals surface area contributed by atoms with Crippen LogP contribution in [0.1, 0.15) is 50.2 Å². The van der Waals surface area contributed by atoms with Gasteiger partial charge in [-0.3, -0.25) is 0 Å². The Morgan fingerprint density at radius 3 is 2.31 bits per heavy atom. The molecule has 0 bridgehead atoms. The van der Waals surface area contributed by atoms with Gasteiger partial charge in [0, 0.05) is 17.5 Å². The molecule has 158 valence electrons. The van der Waals surface area contributed by atoms with Crippen molar-refractivity contribution in [3.05, 3.63) is 92.7 Å². The molecule has 2 heteroatoms. The van der Waals surface area contributed by atoms with Crippen LogP contribution in [-0.4, -0.2) is 5.10 Å². The fraction of sp³-hybridized carbons (Fsp3) is 0.267. The van der Waals surface area contributed by atoms with Gasteiger partial charge in [-0.2, -0.15) is 0 Å². The third-order valence-corrected chi connectivity index (χ3v) is 7.71. The van der Waals surface area contributed by atoms with Crippen LogP contribution in [0.25, 0.3) is 33.5 Å². The van der Waals surface area contributed by atoms with E-state index in [4.69, 9.17) is 5.10 Å². The molecule has 2 aliphatic carbocycles. The summed E-state index contributed by atoms with van der Waals surface area (Å²) in [6.07, 6.45) is 2.02. The molecular weight excluding hydrogens is 388 g/mol. The molecule has 0 spiro atoms. The molecule has 1 heterocycles. The van der Waals surface area contributed by atoms with E-state index in [1.807, 2.05) is 0 Å². The molecule has 0 saturated carbocycles. The van der Waals surface area contributed by atoms with E-state index in [0.29, 0.717) is 0 Å². The van der Waals surface area contributed by atoms with Crippen molar-refractivity contribution in [2.45, 2.75) is 47.5 Å². The molecule has 6 rings (SSSR count). The third kappa shape index (κ3) is 2.53. The zero-order chi connectivity index (χ0) is 22.3. The van der Waals surface area contributed by atoms with Gasteiger partial charge in [-0.15, -0.1) is 0 Å². The Labute approximate surface area is 190 Å². The van der Waals surface area contributed by atoms with Crippen molar-refractivity contribution < 1.29 is 4.68 Å². The van der Waals surface area contributed by atoms with Crippen molar-refractivity contribution in [1.29, 1.82) is 0 Å². The summed E-state index contributed by atoms with van der Waals surface area (Å²) in [5.74, 6) is 0. The average molecular weight is 418 g/mol. The number of benzene rings is 3. The molecule has 0 saturated heterocycles. The Hall–Kier alpha value is -3.26. The van der Waals surface area contributed by atoms with Gasteiger partial charge in [0.15, 0.2) is 7.05 Å². The first-order valence-electron chi connectivity index (χ1n) is 11.6. The predicted octanol–water partition coefficient (Wildman–Crippen LogP) is 6.26. The molecule has 0 aliphatic heterocycles. The first-order valence-corrected chi connectivity index (χ1v) is 11.6. The molecule has 32 heavy (non-hydrogen) atoms. The average Bonchev–Trinajstić information content (AvgIpc) is 3.30. The Bertz CT molecular complexity index is 1470. The first kappa shape index (κ1) is 19.4. The first-order chi connectivity index (χ1) is 15.3. The van der Waals surface area contributed by atoms with E-state index in [1.54, 1.807) is 0 Å². The predicted molar refractivity (Wildman–Crippen MR) is 131 cm³/mol. The molecule has 1 aromatic heterocycles. The number of rotatable bonds is 1. The number of hydrogen-bond donors (Lipinski definition) is 0. The van der Waals surface area contributed by atoms with E-state index in [9.17, 15) is 0 Å². The van der Waals surface area contributed by atoms with Gasteiger partial charge in [-0.25, -0.2) is 0 Å². The van der Waals surface area contributed by atoms with Crippen molar-refractivity contribution >= 4 is 0 Å². The molecule has 0 amide bonds. The van der Waals surface area contributed by atoms with Gasteiger partial charge in [-0.05, 0) is 102 Å². The molecule has 0 N–H and O–H groups in total. The zero-order valence-electron chi connectivity index (χ0n) is 19.9. The fourth-order valence-electron chi connectivity index (χ4n) is 6.14. The number of aryl methyl sites for hydroxylation is 5. The Kier molecular flexibility index (Phi) is 4.02. The summed E-state index contributed by atoms with van der Waals surface area (Å²) >= 11 is 0. The lowest BCUT2D eigenvalue weighted by molar-refractivity contribution is -0.721. The number of nitrogens with zero attached hydrogens (tertiary/aromatic N) is 2. The highest BCUT2D eigenvalue weighted by molar-refractivity contribution is 5.92. The summed E-state index contributed by atoms with van der Waals surface area (Å²) in [4.78, 5) is 0. The Balaban J connectivity index is 1.64. The Morgan fingerprint density at radius 2 is 1.50 bits per heavy atom. The number of hydrogen-bond acceptors (Lipinski definition) is 1. The van der Waals surface area contributed by atoms with E-state index in [2.05, 4.69) is 88.8 Å². The van der Waals surface area contributed by atoms with Crippen LogP contribution in [0.4, 0.5) is 0 Å². The van der Waals surface area contributed by atoms with E-state index in [0.717, 1.165) is 18.5 Å². The zero-order valence-corrected chi connectivity index (χ0v) is 19.9. The molecule has 2 nitrogen and oxygen atoms in total. The van der Waals surface area contributed by atoms with Gasteiger partial charge in [0.05, 0.1) is 5.56 Å². The second-order valence-corrected chi connectivity index (χ2v) is 9.75. The maximum atomic E-state index is 4.99. The summed E-state index contributed by atoms with van der Waals surface area (Å²) < 4.78 is 2.11. The Morgan fingerprint density at radius 1 is 0.719 bits per heavy atom. The summed E-state index contributed by atoms with van der Waals surface area (Å²) in [5, 5.41) is 4.99. The quantitative estimate of drug-likeness (QED) is 0.289. The van der Waals surface area contributed by atoms with Gasteiger partial charge in [0.1, 0.15) is 5.69 Å². The largest absolute Gasteiger partial charge is 0.243 e. The van der Waals surface area contributed by atoms with Crippen LogP contribution in [0, 0.1) is 34.6 Å². The monoisotopic (exact) mass is 417 g/mol. The second kappa shape index (κ2) is 6.62. The van der Waals surface area contributed by atoms with Gasteiger partial charge in [-0.1, -0.05) is 46.6 Å². The van der Waals surface area contributed by atoms with Crippen LogP contribution in [0.5, 0.6) is 0 Å². The van der Waals surface area contributed by atoms with Crippen molar-refractivity contribution in [3.63, 3.8) is 0 Å². The molecular formula is C30H29N2+. The van der Waals surface area contributed by atoms with E-state index < -0.39 is 0 Å². The lowest BCUT2D eigenvalue weighted by atomic mass is 9.93. The number of fused-ring (bicyclic) bond motifs is 7. The van der Waals surface area contributed by atoms with Gasteiger partial charge < -0.3 is 0 Å². The van der Waals surface area contributed by atoms with Gasteiger partial charge >= 0.3 is 0 Å². The van der Waals surface area contributed by atoms with Crippen molar-refractivity contribution in [2.75, 3.05) is 0 Å². The molecule has 0 atom stereocenters. The lowest BCUT2D eigenvalue weighted by Gasteiger charge is -2.12. The highest BCUT2D eigenvalue weighted by Crippen LogP contribution is 2.50. The molecule has 0 radical (unpaired) electrons. The minimum Gasteiger partial charge on any atom is -0.0859 e. The van der Waals surface area contributed by atoms with Crippen LogP contribution in [0.3, 0.4) is 0 Å². The van der Waals surface area contributed by atoms with Gasteiger partial charge in [0.25, 0.3) is 0 Å². The van der Waals surface area contributed by atoms with E-state index >= 15 is 0 Å². The third-order valence-electron chi connectivity index (χ3n) is 7.71. The maximum absolute atomic E-state index is 4.99. The molecule has 2 aliphatic rings. The van der Waals surface area contributed by atoms with Crippen LogP contribution < -0.4 is 4.68 Å². The minimum absolute atomic E-state index is 0.972. The van der Waals surface area contributed by atoms with Crippen LogP contribution >= 0.6 is 0 Å². The molecule has 0 fully saturated rings. The molecule has 3 aromatic carbocycles. The van der Waals surface area contributed by atoms with E-state index in [-0.39, 0.29) is 0 Å².